The van der Waals surface area contributed by atoms with Crippen molar-refractivity contribution in [3.8, 4) is 0 Å². The first-order valence-electron chi connectivity index (χ1n) is 3.46. The summed E-state index contributed by atoms with van der Waals surface area (Å²) in [6, 6.07) is 9.15. The van der Waals surface area contributed by atoms with Crippen LogP contribution in [0, 0.1) is 6.61 Å². The molecule has 11 heavy (non-hydrogen) atoms. The third-order valence-electron chi connectivity index (χ3n) is 1.59. The molecule has 2 heteroatoms. The highest BCUT2D eigenvalue weighted by Crippen LogP contribution is 2.20. The Morgan fingerprint density at radius 2 is 1.91 bits per heavy atom. The number of carbonyl (C=O) groups is 1. The summed E-state index contributed by atoms with van der Waals surface area (Å²) >= 11 is 0. The Labute approximate surface area is 64.8 Å². The second kappa shape index (κ2) is 2.47. The molecule has 1 unspecified atom stereocenters. The van der Waals surface area contributed by atoms with Crippen LogP contribution < -0.4 is 0 Å². The predicted molar refractivity (Wildman–Crippen MR) is 39.9 cm³/mol. The van der Waals surface area contributed by atoms with Gasteiger partial charge >= 0.3 is 0 Å². The maximum atomic E-state index is 11.3. The van der Waals surface area contributed by atoms with Gasteiger partial charge in [-0.1, -0.05) is 30.3 Å². The molecule has 2 rings (SSSR count). The van der Waals surface area contributed by atoms with Gasteiger partial charge in [-0.2, -0.15) is 0 Å². The monoisotopic (exact) mass is 147 g/mol. The fourth-order valence-corrected chi connectivity index (χ4v) is 0.930. The highest BCUT2D eigenvalue weighted by molar-refractivity contribution is 6.01. The second-order valence-corrected chi connectivity index (χ2v) is 2.42. The summed E-state index contributed by atoms with van der Waals surface area (Å²) in [6.45, 7) is 1.54. The standard InChI is InChI=1S/C9H7O2/c10-9(8-6-11-8)7-4-2-1-3-5-7/h1-6,8H. The maximum absolute atomic E-state index is 11.3. The summed E-state index contributed by atoms with van der Waals surface area (Å²) in [5, 5.41) is 0. The third kappa shape index (κ3) is 1.30. The molecule has 0 aromatic heterocycles. The third-order valence-corrected chi connectivity index (χ3v) is 1.59. The van der Waals surface area contributed by atoms with E-state index in [1.807, 2.05) is 18.2 Å². The Morgan fingerprint density at radius 1 is 1.27 bits per heavy atom. The summed E-state index contributed by atoms with van der Waals surface area (Å²) < 4.78 is 4.75. The van der Waals surface area contributed by atoms with E-state index >= 15 is 0 Å². The Balaban J connectivity index is 2.22. The van der Waals surface area contributed by atoms with Gasteiger partial charge in [-0.05, 0) is 0 Å². The van der Waals surface area contributed by atoms with Crippen LogP contribution >= 0.6 is 0 Å². The van der Waals surface area contributed by atoms with Gasteiger partial charge in [0.1, 0.15) is 12.7 Å². The lowest BCUT2D eigenvalue weighted by molar-refractivity contribution is 0.0953. The molecule has 0 saturated carbocycles. The molecule has 0 aliphatic carbocycles. The minimum absolute atomic E-state index is 0.0469. The Hall–Kier alpha value is -1.15. The van der Waals surface area contributed by atoms with E-state index in [1.165, 1.54) is 6.61 Å². The summed E-state index contributed by atoms with van der Waals surface area (Å²) in [7, 11) is 0. The molecule has 0 N–H and O–H groups in total. The molecule has 55 valence electrons. The van der Waals surface area contributed by atoms with E-state index in [0.717, 1.165) is 0 Å². The predicted octanol–water partition coefficient (Wildman–Crippen LogP) is 1.43. The molecule has 1 heterocycles. The highest BCUT2D eigenvalue weighted by atomic mass is 16.6. The van der Waals surface area contributed by atoms with Crippen molar-refractivity contribution in [1.82, 2.24) is 0 Å². The smallest absolute Gasteiger partial charge is 0.194 e. The van der Waals surface area contributed by atoms with Crippen LogP contribution in [-0.4, -0.2) is 11.9 Å². The minimum Gasteiger partial charge on any atom is -0.358 e. The van der Waals surface area contributed by atoms with E-state index < -0.39 is 0 Å². The summed E-state index contributed by atoms with van der Waals surface area (Å²) in [5.74, 6) is 0.0469. The molecular formula is C9H7O2. The number of rotatable bonds is 2. The first-order chi connectivity index (χ1) is 5.38. The van der Waals surface area contributed by atoms with E-state index in [2.05, 4.69) is 0 Å². The van der Waals surface area contributed by atoms with Gasteiger partial charge in [-0.3, -0.25) is 4.79 Å². The van der Waals surface area contributed by atoms with Crippen LogP contribution in [0.4, 0.5) is 0 Å². The number of ether oxygens (including phenoxy) is 1. The van der Waals surface area contributed by atoms with Crippen LogP contribution in [0.5, 0.6) is 0 Å². The number of benzene rings is 1. The number of ketones is 1. The molecule has 1 aliphatic heterocycles. The van der Waals surface area contributed by atoms with Crippen molar-refractivity contribution in [2.45, 2.75) is 6.10 Å². The van der Waals surface area contributed by atoms with Gasteiger partial charge in [0.15, 0.2) is 5.78 Å². The normalized spacial score (nSPS) is 21.3. The molecule has 1 aromatic carbocycles. The van der Waals surface area contributed by atoms with Gasteiger partial charge in [0.2, 0.25) is 0 Å². The zero-order valence-electron chi connectivity index (χ0n) is 5.86. The molecule has 1 fully saturated rings. The van der Waals surface area contributed by atoms with Gasteiger partial charge in [0.25, 0.3) is 0 Å². The Kier molecular flexibility index (Phi) is 1.47. The molecular weight excluding hydrogens is 140 g/mol. The lowest BCUT2D eigenvalue weighted by Crippen LogP contribution is -2.05. The minimum atomic E-state index is -0.280. The lowest BCUT2D eigenvalue weighted by Gasteiger charge is -1.93. The van der Waals surface area contributed by atoms with Crippen molar-refractivity contribution in [2.24, 2.45) is 0 Å². The van der Waals surface area contributed by atoms with Gasteiger partial charge in [-0.15, -0.1) is 0 Å². The highest BCUT2D eigenvalue weighted by Gasteiger charge is 2.32. The Bertz CT molecular complexity index is 262. The first-order valence-corrected chi connectivity index (χ1v) is 3.46. The maximum Gasteiger partial charge on any atom is 0.194 e. The molecule has 1 aliphatic rings. The second-order valence-electron chi connectivity index (χ2n) is 2.42. The quantitative estimate of drug-likeness (QED) is 0.467. The van der Waals surface area contributed by atoms with Crippen LogP contribution in [0.3, 0.4) is 0 Å². The van der Waals surface area contributed by atoms with Gasteiger partial charge in [-0.25, -0.2) is 0 Å². The number of epoxide rings is 1. The molecule has 1 atom stereocenters. The molecule has 0 amide bonds. The van der Waals surface area contributed by atoms with Crippen LogP contribution in [0.15, 0.2) is 30.3 Å². The SMILES string of the molecule is O=C(c1ccccc1)C1[CH]O1. The van der Waals surface area contributed by atoms with Crippen molar-refractivity contribution >= 4 is 5.78 Å². The van der Waals surface area contributed by atoms with Crippen molar-refractivity contribution in [1.29, 1.82) is 0 Å². The van der Waals surface area contributed by atoms with Gasteiger partial charge in [0, 0.05) is 5.56 Å². The number of carbonyl (C=O) groups excluding carboxylic acids is 1. The van der Waals surface area contributed by atoms with E-state index in [4.69, 9.17) is 4.74 Å². The van der Waals surface area contributed by atoms with Crippen LogP contribution in [0.25, 0.3) is 0 Å². The van der Waals surface area contributed by atoms with Crippen LogP contribution in [-0.2, 0) is 4.74 Å². The summed E-state index contributed by atoms with van der Waals surface area (Å²) in [5.41, 5.74) is 0.714. The molecule has 1 radical (unpaired) electrons. The molecule has 2 nitrogen and oxygen atoms in total. The Morgan fingerprint density at radius 3 is 2.45 bits per heavy atom. The number of hydrogen-bond acceptors (Lipinski definition) is 2. The number of hydrogen-bond donors (Lipinski definition) is 0. The molecule has 0 bridgehead atoms. The lowest BCUT2D eigenvalue weighted by atomic mass is 10.1. The average molecular weight is 147 g/mol. The largest absolute Gasteiger partial charge is 0.358 e. The zero-order valence-corrected chi connectivity index (χ0v) is 5.86. The van der Waals surface area contributed by atoms with Crippen molar-refractivity contribution in [2.75, 3.05) is 0 Å². The molecule has 1 saturated heterocycles. The average Bonchev–Trinajstić information content (AvgIpc) is 2.87. The van der Waals surface area contributed by atoms with Crippen LogP contribution in [0.2, 0.25) is 0 Å². The topological polar surface area (TPSA) is 29.6 Å². The van der Waals surface area contributed by atoms with E-state index in [0.29, 0.717) is 5.56 Å². The van der Waals surface area contributed by atoms with Crippen molar-refractivity contribution in [3.63, 3.8) is 0 Å². The summed E-state index contributed by atoms with van der Waals surface area (Å²) in [4.78, 5) is 11.3. The van der Waals surface area contributed by atoms with E-state index in [-0.39, 0.29) is 11.9 Å². The van der Waals surface area contributed by atoms with Crippen LogP contribution in [0.1, 0.15) is 10.4 Å². The summed E-state index contributed by atoms with van der Waals surface area (Å²) in [6.07, 6.45) is -0.280. The first kappa shape index (κ1) is 6.55. The number of Topliss-reactive ketones (excluding diaryl/α,β-unsaturated/α-hetero) is 1. The molecule has 0 spiro atoms. The molecule has 1 aromatic rings. The van der Waals surface area contributed by atoms with E-state index in [1.54, 1.807) is 12.1 Å². The van der Waals surface area contributed by atoms with Crippen molar-refractivity contribution in [3.05, 3.63) is 42.5 Å². The van der Waals surface area contributed by atoms with Gasteiger partial charge in [0.05, 0.1) is 0 Å². The van der Waals surface area contributed by atoms with E-state index in [9.17, 15) is 4.79 Å². The van der Waals surface area contributed by atoms with Gasteiger partial charge < -0.3 is 4.74 Å². The fraction of sp³-hybridized carbons (Fsp3) is 0.111. The fourth-order valence-electron chi connectivity index (χ4n) is 0.930. The zero-order chi connectivity index (χ0) is 7.68. The van der Waals surface area contributed by atoms with Crippen molar-refractivity contribution < 1.29 is 9.53 Å².